The fourth-order valence-corrected chi connectivity index (χ4v) is 3.21. The molecule has 1 fully saturated rings. The van der Waals surface area contributed by atoms with Gasteiger partial charge in [0.25, 0.3) is 0 Å². The van der Waals surface area contributed by atoms with E-state index in [-0.39, 0.29) is 32.1 Å². The normalized spacial score (nSPS) is 16.4. The minimum absolute atomic E-state index is 0.0223. The summed E-state index contributed by atoms with van der Waals surface area (Å²) < 4.78 is 10.4. The van der Waals surface area contributed by atoms with Crippen molar-refractivity contribution in [2.45, 2.75) is 26.3 Å². The number of rotatable bonds is 7. The van der Waals surface area contributed by atoms with Crippen LogP contribution in [0.2, 0.25) is 0 Å². The summed E-state index contributed by atoms with van der Waals surface area (Å²) >= 11 is 3.39. The number of carbonyl (C=O) groups is 4. The van der Waals surface area contributed by atoms with E-state index in [1.807, 2.05) is 6.07 Å². The molecule has 1 aromatic carbocycles. The van der Waals surface area contributed by atoms with Crippen molar-refractivity contribution < 1.29 is 28.7 Å². The number of esters is 2. The van der Waals surface area contributed by atoms with Crippen LogP contribution in [0.3, 0.4) is 0 Å². The lowest BCUT2D eigenvalue weighted by atomic mass is 10.1. The average Bonchev–Trinajstić information content (AvgIpc) is 3.02. The molecular weight excluding hydrogens is 420 g/mol. The first-order chi connectivity index (χ1) is 12.9. The fourth-order valence-electron chi connectivity index (χ4n) is 2.71. The van der Waals surface area contributed by atoms with Gasteiger partial charge < -0.3 is 19.7 Å². The quantitative estimate of drug-likeness (QED) is 0.507. The average molecular weight is 441 g/mol. The van der Waals surface area contributed by atoms with Crippen LogP contribution in [-0.2, 0) is 28.7 Å². The largest absolute Gasteiger partial charge is 0.464 e. The maximum absolute atomic E-state index is 12.6. The van der Waals surface area contributed by atoms with Crippen LogP contribution in [-0.4, -0.2) is 49.6 Å². The molecule has 1 aliphatic rings. The Morgan fingerprint density at radius 3 is 2.33 bits per heavy atom. The highest BCUT2D eigenvalue weighted by Crippen LogP contribution is 2.31. The first kappa shape index (κ1) is 20.9. The van der Waals surface area contributed by atoms with Crippen LogP contribution >= 0.6 is 15.9 Å². The van der Waals surface area contributed by atoms with Gasteiger partial charge in [-0.05, 0) is 41.9 Å². The second-order valence-electron chi connectivity index (χ2n) is 5.80. The minimum atomic E-state index is -1.55. The second kappa shape index (κ2) is 9.50. The van der Waals surface area contributed by atoms with Crippen LogP contribution in [0.25, 0.3) is 0 Å². The molecular formula is C18H21BrN2O6. The van der Waals surface area contributed by atoms with E-state index in [1.165, 1.54) is 4.90 Å². The number of ether oxygens (including phenoxy) is 2. The van der Waals surface area contributed by atoms with Gasteiger partial charge >= 0.3 is 11.9 Å². The van der Waals surface area contributed by atoms with Crippen molar-refractivity contribution in [2.24, 2.45) is 5.92 Å². The van der Waals surface area contributed by atoms with Gasteiger partial charge in [-0.1, -0.05) is 12.1 Å². The van der Waals surface area contributed by atoms with Crippen molar-refractivity contribution in [1.82, 2.24) is 5.32 Å². The van der Waals surface area contributed by atoms with Gasteiger partial charge in [-0.2, -0.15) is 0 Å². The molecule has 2 amide bonds. The number of hydrogen-bond acceptors (Lipinski definition) is 6. The number of benzene rings is 1. The molecule has 8 nitrogen and oxygen atoms in total. The predicted molar refractivity (Wildman–Crippen MR) is 99.8 cm³/mol. The third-order valence-electron chi connectivity index (χ3n) is 3.97. The Bertz CT molecular complexity index is 720. The van der Waals surface area contributed by atoms with Gasteiger partial charge in [-0.25, -0.2) is 9.59 Å². The lowest BCUT2D eigenvalue weighted by Gasteiger charge is -2.19. The molecule has 1 N–H and O–H groups in total. The Morgan fingerprint density at radius 1 is 1.19 bits per heavy atom. The number of amides is 2. The summed E-state index contributed by atoms with van der Waals surface area (Å²) in [6.45, 7) is 3.44. The number of hydrogen-bond donors (Lipinski definition) is 1. The van der Waals surface area contributed by atoms with Crippen molar-refractivity contribution in [3.8, 4) is 0 Å². The number of anilines is 1. The van der Waals surface area contributed by atoms with Gasteiger partial charge in [-0.15, -0.1) is 0 Å². The number of carbonyl (C=O) groups excluding carboxylic acids is 4. The lowest BCUT2D eigenvalue weighted by Crippen LogP contribution is -2.50. The molecule has 1 unspecified atom stereocenters. The van der Waals surface area contributed by atoms with Crippen LogP contribution < -0.4 is 10.2 Å². The predicted octanol–water partition coefficient (Wildman–Crippen LogP) is 1.41. The van der Waals surface area contributed by atoms with E-state index >= 15 is 0 Å². The topological polar surface area (TPSA) is 102 Å². The molecule has 0 saturated carbocycles. The Kier molecular flexibility index (Phi) is 7.35. The molecule has 1 aromatic rings. The lowest BCUT2D eigenvalue weighted by molar-refractivity contribution is -0.159. The number of nitrogens with zero attached hydrogens (tertiary/aromatic N) is 1. The van der Waals surface area contributed by atoms with Crippen LogP contribution in [0.5, 0.6) is 0 Å². The van der Waals surface area contributed by atoms with Gasteiger partial charge in [-0.3, -0.25) is 9.59 Å². The summed E-state index contributed by atoms with van der Waals surface area (Å²) in [5.41, 5.74) is 0.658. The molecule has 0 spiro atoms. The fraction of sp³-hybridized carbons (Fsp3) is 0.444. The first-order valence-electron chi connectivity index (χ1n) is 8.57. The highest BCUT2D eigenvalue weighted by atomic mass is 79.9. The Balaban J connectivity index is 2.10. The van der Waals surface area contributed by atoms with Crippen molar-refractivity contribution in [3.63, 3.8) is 0 Å². The summed E-state index contributed by atoms with van der Waals surface area (Å²) in [6, 6.07) is 5.63. The SMILES string of the molecule is CCOC(=O)C(NC(=O)C1CC(=O)N(c2ccccc2Br)C1)C(=O)OCC. The number of nitrogens with one attached hydrogen (secondary N) is 1. The second-order valence-corrected chi connectivity index (χ2v) is 6.66. The first-order valence-corrected chi connectivity index (χ1v) is 9.36. The zero-order valence-electron chi connectivity index (χ0n) is 15.1. The third kappa shape index (κ3) is 5.06. The molecule has 1 aliphatic heterocycles. The zero-order valence-corrected chi connectivity index (χ0v) is 16.7. The van der Waals surface area contributed by atoms with Gasteiger partial charge in [0, 0.05) is 17.4 Å². The third-order valence-corrected chi connectivity index (χ3v) is 4.64. The molecule has 1 saturated heterocycles. The van der Waals surface area contributed by atoms with E-state index in [0.29, 0.717) is 5.69 Å². The zero-order chi connectivity index (χ0) is 20.0. The van der Waals surface area contributed by atoms with Crippen LogP contribution in [0.4, 0.5) is 5.69 Å². The smallest absolute Gasteiger partial charge is 0.340 e. The van der Waals surface area contributed by atoms with E-state index in [4.69, 9.17) is 9.47 Å². The Labute approximate surface area is 165 Å². The number of halogens is 1. The van der Waals surface area contributed by atoms with E-state index in [1.54, 1.807) is 32.0 Å². The standard InChI is InChI=1S/C18H21BrN2O6/c1-3-26-17(24)15(18(25)27-4-2)20-16(23)11-9-14(22)21(10-11)13-8-6-5-7-12(13)19/h5-8,11,15H,3-4,9-10H2,1-2H3,(H,20,23). The molecule has 1 heterocycles. The van der Waals surface area contributed by atoms with E-state index in [9.17, 15) is 19.2 Å². The van der Waals surface area contributed by atoms with Gasteiger partial charge in [0.2, 0.25) is 17.9 Å². The van der Waals surface area contributed by atoms with Crippen molar-refractivity contribution in [3.05, 3.63) is 28.7 Å². The molecule has 0 radical (unpaired) electrons. The van der Waals surface area contributed by atoms with Crippen molar-refractivity contribution >= 4 is 45.4 Å². The van der Waals surface area contributed by atoms with Crippen molar-refractivity contribution in [2.75, 3.05) is 24.7 Å². The van der Waals surface area contributed by atoms with Gasteiger partial charge in [0.1, 0.15) is 0 Å². The Hall–Kier alpha value is -2.42. The van der Waals surface area contributed by atoms with Crippen LogP contribution in [0.1, 0.15) is 20.3 Å². The van der Waals surface area contributed by atoms with Crippen molar-refractivity contribution in [1.29, 1.82) is 0 Å². The van der Waals surface area contributed by atoms with Gasteiger partial charge in [0.15, 0.2) is 0 Å². The summed E-state index contributed by atoms with van der Waals surface area (Å²) in [5, 5.41) is 2.36. The molecule has 0 bridgehead atoms. The van der Waals surface area contributed by atoms with Crippen LogP contribution in [0, 0.1) is 5.92 Å². The highest BCUT2D eigenvalue weighted by molar-refractivity contribution is 9.10. The molecule has 1 atom stereocenters. The number of para-hydroxylation sites is 1. The van der Waals surface area contributed by atoms with Gasteiger partial charge in [0.05, 0.1) is 24.8 Å². The summed E-state index contributed by atoms with van der Waals surface area (Å²) in [7, 11) is 0. The molecule has 0 aliphatic carbocycles. The highest BCUT2D eigenvalue weighted by Gasteiger charge is 2.39. The van der Waals surface area contributed by atoms with E-state index in [2.05, 4.69) is 21.2 Å². The Morgan fingerprint density at radius 2 is 1.78 bits per heavy atom. The molecule has 146 valence electrons. The maximum atomic E-state index is 12.6. The molecule has 0 aromatic heterocycles. The summed E-state index contributed by atoms with van der Waals surface area (Å²) in [4.78, 5) is 50.4. The molecule has 9 heteroatoms. The van der Waals surface area contributed by atoms with E-state index in [0.717, 1.165) is 4.47 Å². The van der Waals surface area contributed by atoms with E-state index < -0.39 is 29.8 Å². The monoisotopic (exact) mass is 440 g/mol. The maximum Gasteiger partial charge on any atom is 0.340 e. The minimum Gasteiger partial charge on any atom is -0.464 e. The molecule has 27 heavy (non-hydrogen) atoms. The van der Waals surface area contributed by atoms with Crippen LogP contribution in [0.15, 0.2) is 28.7 Å². The summed E-state index contributed by atoms with van der Waals surface area (Å²) in [5.74, 6) is -3.28. The molecule has 2 rings (SSSR count). The summed E-state index contributed by atoms with van der Waals surface area (Å²) in [6.07, 6.45) is -0.0223.